The number of hydrogen-bond donors (Lipinski definition) is 2. The Morgan fingerprint density at radius 3 is 2.59 bits per heavy atom. The molecule has 1 aliphatic rings. The fourth-order valence-corrected chi connectivity index (χ4v) is 3.30. The minimum atomic E-state index is -4.31. The quantitative estimate of drug-likeness (QED) is 0.390. The lowest BCUT2D eigenvalue weighted by molar-refractivity contribution is -0.176. The van der Waals surface area contributed by atoms with E-state index in [1.165, 1.54) is 5.57 Å². The van der Waals surface area contributed by atoms with Crippen molar-refractivity contribution in [3.8, 4) is 0 Å². The van der Waals surface area contributed by atoms with E-state index in [1.54, 1.807) is 13.1 Å². The number of nitrogens with zero attached hydrogens (tertiary/aromatic N) is 2. The molecule has 8 heteroatoms. The molecule has 1 heterocycles. The molecule has 29 heavy (non-hydrogen) atoms. The topological polar surface area (TPSA) is 48.9 Å². The van der Waals surface area contributed by atoms with E-state index in [1.807, 2.05) is 25.1 Å². The lowest BCUT2D eigenvalue weighted by Crippen LogP contribution is -2.48. The number of aliphatic imine (C=N–C) groups is 1. The van der Waals surface area contributed by atoms with Gasteiger partial charge in [0.2, 0.25) is 0 Å². The second kappa shape index (κ2) is 11.2. The zero-order valence-corrected chi connectivity index (χ0v) is 17.2. The number of rotatable bonds is 8. The number of piperidine rings is 1. The van der Waals surface area contributed by atoms with E-state index in [0.29, 0.717) is 18.2 Å². The number of likely N-dealkylation sites (tertiary alicyclic amines) is 1. The third-order valence-electron chi connectivity index (χ3n) is 4.63. The Balaban J connectivity index is 1.76. The summed E-state index contributed by atoms with van der Waals surface area (Å²) in [5.41, 5.74) is 2.85. The lowest BCUT2D eigenvalue weighted by atomic mass is 10.0. The van der Waals surface area contributed by atoms with Crippen molar-refractivity contribution in [2.45, 2.75) is 45.1 Å². The number of nitrogens with one attached hydrogen (secondary N) is 2. The summed E-state index contributed by atoms with van der Waals surface area (Å²) in [6.45, 7) is 8.25. The predicted molar refractivity (Wildman–Crippen MR) is 110 cm³/mol. The normalized spacial score (nSPS) is 16.7. The number of ether oxygens (including phenoxy) is 1. The van der Waals surface area contributed by atoms with Crippen LogP contribution >= 0.6 is 0 Å². The second-order valence-corrected chi connectivity index (χ2v) is 7.51. The molecule has 2 rings (SSSR count). The van der Waals surface area contributed by atoms with E-state index in [9.17, 15) is 13.2 Å². The molecule has 1 fully saturated rings. The predicted octanol–water partition coefficient (Wildman–Crippen LogP) is 3.47. The molecule has 0 amide bonds. The summed E-state index contributed by atoms with van der Waals surface area (Å²) in [7, 11) is 1.73. The Labute approximate surface area is 171 Å². The summed E-state index contributed by atoms with van der Waals surface area (Å²) < 4.78 is 41.3. The molecule has 1 saturated heterocycles. The van der Waals surface area contributed by atoms with Crippen LogP contribution in [0.25, 0.3) is 0 Å². The summed E-state index contributed by atoms with van der Waals surface area (Å²) >= 11 is 0. The molecule has 2 N–H and O–H groups in total. The van der Waals surface area contributed by atoms with Crippen molar-refractivity contribution in [2.24, 2.45) is 4.99 Å². The fraction of sp³-hybridized carbons (Fsp3) is 0.571. The van der Waals surface area contributed by atoms with E-state index in [0.717, 1.165) is 44.0 Å². The lowest BCUT2D eigenvalue weighted by Gasteiger charge is -2.33. The molecular weight excluding hydrogens is 381 g/mol. The summed E-state index contributed by atoms with van der Waals surface area (Å²) in [6.07, 6.45) is -2.22. The molecule has 0 radical (unpaired) electrons. The highest BCUT2D eigenvalue weighted by Gasteiger charge is 2.27. The number of hydrogen-bond acceptors (Lipinski definition) is 3. The van der Waals surface area contributed by atoms with Crippen LogP contribution in [0.3, 0.4) is 0 Å². The first-order valence-electron chi connectivity index (χ1n) is 9.81. The van der Waals surface area contributed by atoms with Crippen LogP contribution in [-0.2, 0) is 17.9 Å². The molecule has 0 aliphatic carbocycles. The second-order valence-electron chi connectivity index (χ2n) is 7.51. The van der Waals surface area contributed by atoms with Gasteiger partial charge in [-0.2, -0.15) is 13.2 Å². The molecular formula is C21H31F3N4O. The number of benzene rings is 1. The molecule has 0 unspecified atom stereocenters. The van der Waals surface area contributed by atoms with E-state index >= 15 is 0 Å². The van der Waals surface area contributed by atoms with Crippen LogP contribution in [0.5, 0.6) is 0 Å². The Bertz CT molecular complexity index is 683. The van der Waals surface area contributed by atoms with Gasteiger partial charge in [-0.15, -0.1) is 0 Å². The highest BCUT2D eigenvalue weighted by Crippen LogP contribution is 2.16. The van der Waals surface area contributed by atoms with Gasteiger partial charge in [0.15, 0.2) is 5.96 Å². The van der Waals surface area contributed by atoms with Crippen molar-refractivity contribution in [1.29, 1.82) is 0 Å². The summed E-state index contributed by atoms with van der Waals surface area (Å²) in [4.78, 5) is 6.69. The first-order chi connectivity index (χ1) is 13.7. The van der Waals surface area contributed by atoms with Crippen LogP contribution < -0.4 is 10.6 Å². The highest BCUT2D eigenvalue weighted by atomic mass is 19.4. The van der Waals surface area contributed by atoms with Crippen molar-refractivity contribution < 1.29 is 17.9 Å². The maximum absolute atomic E-state index is 12.2. The first kappa shape index (κ1) is 23.2. The van der Waals surface area contributed by atoms with Gasteiger partial charge in [0.1, 0.15) is 6.61 Å². The van der Waals surface area contributed by atoms with Crippen LogP contribution in [0.4, 0.5) is 13.2 Å². The molecule has 0 aromatic heterocycles. The van der Waals surface area contributed by atoms with E-state index < -0.39 is 12.8 Å². The van der Waals surface area contributed by atoms with E-state index in [2.05, 4.69) is 27.1 Å². The summed E-state index contributed by atoms with van der Waals surface area (Å²) in [5.74, 6) is 0.724. The average molecular weight is 413 g/mol. The maximum atomic E-state index is 12.2. The fourth-order valence-electron chi connectivity index (χ4n) is 3.30. The highest BCUT2D eigenvalue weighted by molar-refractivity contribution is 5.79. The molecule has 162 valence electrons. The van der Waals surface area contributed by atoms with Crippen LogP contribution in [0.1, 0.15) is 30.9 Å². The standard InChI is InChI=1S/C21H31F3N4O/c1-16(2)13-28-9-7-19(8-10-28)27-20(25-3)26-12-17-5-4-6-18(11-17)14-29-15-21(22,23)24/h4-6,11,19H,1,7-10,12-15H2,2-3H3,(H2,25,26,27). The largest absolute Gasteiger partial charge is 0.411 e. The minimum Gasteiger partial charge on any atom is -0.367 e. The molecule has 0 spiro atoms. The number of alkyl halides is 3. The Morgan fingerprint density at radius 2 is 1.97 bits per heavy atom. The number of guanidine groups is 1. The Kier molecular flexibility index (Phi) is 8.98. The van der Waals surface area contributed by atoms with Gasteiger partial charge in [-0.25, -0.2) is 0 Å². The zero-order valence-electron chi connectivity index (χ0n) is 17.2. The smallest absolute Gasteiger partial charge is 0.367 e. The van der Waals surface area contributed by atoms with Crippen molar-refractivity contribution in [3.05, 3.63) is 47.5 Å². The average Bonchev–Trinajstić information content (AvgIpc) is 2.65. The van der Waals surface area contributed by atoms with Gasteiger partial charge < -0.3 is 15.4 Å². The van der Waals surface area contributed by atoms with Crippen LogP contribution in [0, 0.1) is 0 Å². The van der Waals surface area contributed by atoms with E-state index in [4.69, 9.17) is 4.74 Å². The monoisotopic (exact) mass is 412 g/mol. The van der Waals surface area contributed by atoms with Crippen LogP contribution in [0.15, 0.2) is 41.4 Å². The molecule has 1 aromatic carbocycles. The van der Waals surface area contributed by atoms with Crippen LogP contribution in [-0.4, -0.2) is 56.4 Å². The van der Waals surface area contributed by atoms with Gasteiger partial charge in [0.05, 0.1) is 6.61 Å². The van der Waals surface area contributed by atoms with Crippen LogP contribution in [0.2, 0.25) is 0 Å². The van der Waals surface area contributed by atoms with Gasteiger partial charge >= 0.3 is 6.18 Å². The summed E-state index contributed by atoms with van der Waals surface area (Å²) in [5, 5.41) is 6.73. The van der Waals surface area contributed by atoms with Gasteiger partial charge in [-0.3, -0.25) is 9.89 Å². The molecule has 0 saturated carbocycles. The van der Waals surface area contributed by atoms with Gasteiger partial charge in [-0.05, 0) is 30.9 Å². The van der Waals surface area contributed by atoms with E-state index in [-0.39, 0.29) is 6.61 Å². The van der Waals surface area contributed by atoms with Gasteiger partial charge in [0, 0.05) is 39.3 Å². The first-order valence-corrected chi connectivity index (χ1v) is 9.81. The van der Waals surface area contributed by atoms with Crippen molar-refractivity contribution in [1.82, 2.24) is 15.5 Å². The molecule has 5 nitrogen and oxygen atoms in total. The van der Waals surface area contributed by atoms with Gasteiger partial charge in [-0.1, -0.05) is 36.4 Å². The maximum Gasteiger partial charge on any atom is 0.411 e. The zero-order chi connectivity index (χ0) is 21.3. The third-order valence-corrected chi connectivity index (χ3v) is 4.63. The minimum absolute atomic E-state index is 0.0664. The van der Waals surface area contributed by atoms with Crippen molar-refractivity contribution in [3.63, 3.8) is 0 Å². The Hall–Kier alpha value is -2.06. The molecule has 0 atom stereocenters. The van der Waals surface area contributed by atoms with Crippen molar-refractivity contribution >= 4 is 5.96 Å². The van der Waals surface area contributed by atoms with Crippen molar-refractivity contribution in [2.75, 3.05) is 33.3 Å². The third kappa shape index (κ3) is 9.32. The van der Waals surface area contributed by atoms with Gasteiger partial charge in [0.25, 0.3) is 0 Å². The number of halogens is 3. The molecule has 1 aromatic rings. The summed E-state index contributed by atoms with van der Waals surface area (Å²) in [6, 6.07) is 7.70. The molecule has 1 aliphatic heterocycles. The molecule has 0 bridgehead atoms. The SMILES string of the molecule is C=C(C)CN1CCC(NC(=NC)NCc2cccc(COCC(F)(F)F)c2)CC1. The Morgan fingerprint density at radius 1 is 1.28 bits per heavy atom.